The Bertz CT molecular complexity index is 583. The van der Waals surface area contributed by atoms with Gasteiger partial charge in [0.15, 0.2) is 0 Å². The van der Waals surface area contributed by atoms with Gasteiger partial charge in [-0.3, -0.25) is 14.4 Å². The van der Waals surface area contributed by atoms with Crippen LogP contribution in [0.15, 0.2) is 24.3 Å². The summed E-state index contributed by atoms with van der Waals surface area (Å²) in [5.41, 5.74) is 15.4. The van der Waals surface area contributed by atoms with E-state index in [-0.39, 0.29) is 12.8 Å². The molecule has 172 valence electrons. The zero-order valence-corrected chi connectivity index (χ0v) is 16.2. The van der Waals surface area contributed by atoms with E-state index in [0.717, 1.165) is 37.1 Å². The molecule has 0 saturated heterocycles. The Balaban J connectivity index is -0.000000364. The smallest absolute Gasteiger partial charge is 0.328 e. The Kier molecular flexibility index (Phi) is 21.4. The van der Waals surface area contributed by atoms with Gasteiger partial charge in [-0.25, -0.2) is 9.59 Å². The number of unbranched alkanes of at least 4 members (excludes halogenated alkanes) is 1. The topological polar surface area (TPSA) is 265 Å². The van der Waals surface area contributed by atoms with E-state index in [9.17, 15) is 24.0 Å². The van der Waals surface area contributed by atoms with E-state index < -0.39 is 41.9 Å². The molecule has 30 heavy (non-hydrogen) atoms. The molecule has 0 aromatic carbocycles. The maximum Gasteiger partial charge on any atom is 0.328 e. The zero-order valence-electron chi connectivity index (χ0n) is 16.2. The minimum atomic E-state index is -1.17. The summed E-state index contributed by atoms with van der Waals surface area (Å²) < 4.78 is 0. The maximum absolute atomic E-state index is 10.1. The summed E-state index contributed by atoms with van der Waals surface area (Å²) >= 11 is 0. The molecular formula is C17H29N3O10. The number of allylic oxidation sites excluding steroid dienone is 2. The normalized spacial score (nSPS) is 12.1. The molecule has 0 fully saturated rings. The minimum Gasteiger partial charge on any atom is -0.481 e. The van der Waals surface area contributed by atoms with Crippen LogP contribution in [0.5, 0.6) is 0 Å². The summed E-state index contributed by atoms with van der Waals surface area (Å²) in [5.74, 6) is -5.33. The Morgan fingerprint density at radius 1 is 0.700 bits per heavy atom. The van der Waals surface area contributed by atoms with Gasteiger partial charge in [0.2, 0.25) is 0 Å². The van der Waals surface area contributed by atoms with Crippen molar-refractivity contribution in [3.8, 4) is 0 Å². The van der Waals surface area contributed by atoms with Crippen LogP contribution in [0.2, 0.25) is 0 Å². The van der Waals surface area contributed by atoms with E-state index >= 15 is 0 Å². The molecule has 0 bridgehead atoms. The lowest BCUT2D eigenvalue weighted by molar-refractivity contribution is -0.140. The highest BCUT2D eigenvalue weighted by atomic mass is 16.4. The summed E-state index contributed by atoms with van der Waals surface area (Å²) in [5, 5.41) is 40.6. The van der Waals surface area contributed by atoms with Crippen LogP contribution >= 0.6 is 0 Å². The number of carbonyl (C=O) groups is 5. The second-order valence-corrected chi connectivity index (χ2v) is 5.50. The molecule has 0 aromatic rings. The van der Waals surface area contributed by atoms with Crippen LogP contribution in [0.4, 0.5) is 0 Å². The van der Waals surface area contributed by atoms with Crippen LogP contribution in [0, 0.1) is 0 Å². The summed E-state index contributed by atoms with van der Waals surface area (Å²) in [6.45, 7) is 0.604. The highest BCUT2D eigenvalue weighted by molar-refractivity contribution is 5.82. The Hall–Kier alpha value is -3.29. The third kappa shape index (κ3) is 29.5. The van der Waals surface area contributed by atoms with E-state index in [1.807, 2.05) is 0 Å². The van der Waals surface area contributed by atoms with Crippen molar-refractivity contribution in [2.45, 2.75) is 44.2 Å². The van der Waals surface area contributed by atoms with Gasteiger partial charge in [0.05, 0.1) is 0 Å². The molecule has 0 saturated carbocycles. The molecule has 0 aliphatic heterocycles. The van der Waals surface area contributed by atoms with Gasteiger partial charge in [-0.2, -0.15) is 0 Å². The molecule has 2 unspecified atom stereocenters. The van der Waals surface area contributed by atoms with Gasteiger partial charge in [-0.1, -0.05) is 18.6 Å². The highest BCUT2D eigenvalue weighted by Gasteiger charge is 2.12. The first-order valence-corrected chi connectivity index (χ1v) is 8.54. The molecule has 2 atom stereocenters. The number of nitrogens with two attached hydrogens (primary N) is 3. The van der Waals surface area contributed by atoms with E-state index in [2.05, 4.69) is 0 Å². The van der Waals surface area contributed by atoms with Gasteiger partial charge < -0.3 is 42.7 Å². The molecule has 0 aliphatic rings. The molecule has 0 aromatic heterocycles. The van der Waals surface area contributed by atoms with Crippen LogP contribution in [0.25, 0.3) is 0 Å². The molecule has 13 heteroatoms. The van der Waals surface area contributed by atoms with Gasteiger partial charge in [-0.15, -0.1) is 0 Å². The lowest BCUT2D eigenvalue weighted by Gasteiger charge is -2.03. The zero-order chi connectivity index (χ0) is 24.1. The largest absolute Gasteiger partial charge is 0.481 e. The third-order valence-electron chi connectivity index (χ3n) is 2.86. The summed E-state index contributed by atoms with van der Waals surface area (Å²) in [7, 11) is 0. The minimum absolute atomic E-state index is 0.0231. The second kappa shape index (κ2) is 20.4. The predicted octanol–water partition coefficient (Wildman–Crippen LogP) is -0.942. The predicted molar refractivity (Wildman–Crippen MR) is 105 cm³/mol. The molecule has 0 radical (unpaired) electrons. The number of rotatable bonds is 12. The van der Waals surface area contributed by atoms with Crippen molar-refractivity contribution in [3.05, 3.63) is 24.3 Å². The van der Waals surface area contributed by atoms with Crippen LogP contribution in [0.3, 0.4) is 0 Å². The molecule has 0 spiro atoms. The molecule has 13 nitrogen and oxygen atoms in total. The van der Waals surface area contributed by atoms with Crippen LogP contribution in [-0.4, -0.2) is 74.0 Å². The average Bonchev–Trinajstić information content (AvgIpc) is 2.63. The molecule has 11 N–H and O–H groups in total. The van der Waals surface area contributed by atoms with Crippen molar-refractivity contribution in [1.29, 1.82) is 0 Å². The van der Waals surface area contributed by atoms with Gasteiger partial charge in [0.25, 0.3) is 0 Å². The Morgan fingerprint density at radius 2 is 1.10 bits per heavy atom. The quantitative estimate of drug-likeness (QED) is 0.105. The fraction of sp³-hybridized carbons (Fsp3) is 0.471. The molecule has 0 amide bonds. The van der Waals surface area contributed by atoms with E-state index in [1.54, 1.807) is 0 Å². The Labute approximate surface area is 172 Å². The summed E-state index contributed by atoms with van der Waals surface area (Å²) in [4.78, 5) is 49.6. The number of carboxylic acids is 5. The molecule has 0 aliphatic carbocycles. The van der Waals surface area contributed by atoms with Crippen molar-refractivity contribution < 1.29 is 49.5 Å². The average molecular weight is 435 g/mol. The fourth-order valence-corrected chi connectivity index (χ4v) is 1.31. The van der Waals surface area contributed by atoms with Crippen molar-refractivity contribution in [2.24, 2.45) is 17.2 Å². The van der Waals surface area contributed by atoms with E-state index in [0.29, 0.717) is 13.0 Å². The first kappa shape index (κ1) is 31.4. The number of aliphatic carboxylic acids is 5. The van der Waals surface area contributed by atoms with Gasteiger partial charge in [-0.05, 0) is 25.8 Å². The maximum atomic E-state index is 10.1. The van der Waals surface area contributed by atoms with Crippen molar-refractivity contribution in [1.82, 2.24) is 0 Å². The lowest BCUT2D eigenvalue weighted by Crippen LogP contribution is -2.30. The van der Waals surface area contributed by atoms with Crippen molar-refractivity contribution in [3.63, 3.8) is 0 Å². The van der Waals surface area contributed by atoms with Gasteiger partial charge in [0, 0.05) is 18.6 Å². The molecule has 0 rings (SSSR count). The lowest BCUT2D eigenvalue weighted by atomic mass is 10.1. The van der Waals surface area contributed by atoms with Crippen molar-refractivity contribution >= 4 is 29.8 Å². The van der Waals surface area contributed by atoms with Gasteiger partial charge in [0.1, 0.15) is 12.1 Å². The van der Waals surface area contributed by atoms with E-state index in [4.69, 9.17) is 42.7 Å². The summed E-state index contributed by atoms with van der Waals surface area (Å²) in [6.07, 6.45) is 5.90. The first-order chi connectivity index (χ1) is 13.8. The number of carboxylic acid groups (broad SMARTS) is 5. The molecular weight excluding hydrogens is 406 g/mol. The third-order valence-corrected chi connectivity index (χ3v) is 2.86. The highest BCUT2D eigenvalue weighted by Crippen LogP contribution is 1.97. The first-order valence-electron chi connectivity index (χ1n) is 8.54. The second-order valence-electron chi connectivity index (χ2n) is 5.50. The fourth-order valence-electron chi connectivity index (χ4n) is 1.31. The van der Waals surface area contributed by atoms with Crippen molar-refractivity contribution in [2.75, 3.05) is 6.54 Å². The van der Waals surface area contributed by atoms with Gasteiger partial charge >= 0.3 is 29.8 Å². The molecule has 0 heterocycles. The van der Waals surface area contributed by atoms with Crippen LogP contribution < -0.4 is 17.2 Å². The standard InChI is InChI=1S/C6H14N2O2.C6H6O4.C5H9NO4/c7-4-2-1-3-5(8)6(9)10;7-5(8)3-1-2-4-6(9)10;6-3(5(9)10)1-2-4(7)8/h5H,1-4,7-8H2,(H,9,10);1-4H,(H,7,8)(H,9,10);3H,1-2,6H2,(H,7,8)(H,9,10)/b;3-1+,4-2+;. The van der Waals surface area contributed by atoms with E-state index in [1.165, 1.54) is 0 Å². The number of hydrogen-bond donors (Lipinski definition) is 8. The number of hydrogen-bond acceptors (Lipinski definition) is 8. The Morgan fingerprint density at radius 3 is 1.40 bits per heavy atom. The monoisotopic (exact) mass is 435 g/mol. The SMILES string of the molecule is NC(CCC(=O)O)C(=O)O.NCCCCC(N)C(=O)O.O=C(O)/C=C/C=C/C(=O)O. The van der Waals surface area contributed by atoms with Crippen LogP contribution in [0.1, 0.15) is 32.1 Å². The summed E-state index contributed by atoms with van der Waals surface area (Å²) in [6, 6.07) is -1.78. The van der Waals surface area contributed by atoms with Crippen LogP contribution in [-0.2, 0) is 24.0 Å².